The van der Waals surface area contributed by atoms with Crippen LogP contribution >= 0.6 is 0 Å². The van der Waals surface area contributed by atoms with E-state index in [-0.39, 0.29) is 5.91 Å². The molecule has 0 aliphatic rings. The van der Waals surface area contributed by atoms with Gasteiger partial charge in [0.1, 0.15) is 0 Å². The zero-order valence-electron chi connectivity index (χ0n) is 13.7. The summed E-state index contributed by atoms with van der Waals surface area (Å²) in [6.07, 6.45) is 4.00. The molecule has 24 heavy (non-hydrogen) atoms. The van der Waals surface area contributed by atoms with Crippen molar-refractivity contribution >= 4 is 11.6 Å². The molecule has 0 fully saturated rings. The summed E-state index contributed by atoms with van der Waals surface area (Å²) < 4.78 is 2.04. The maximum atomic E-state index is 12.1. The van der Waals surface area contributed by atoms with Crippen LogP contribution in [0.4, 0.5) is 0 Å². The van der Waals surface area contributed by atoms with E-state index in [1.165, 1.54) is 0 Å². The molecule has 0 unspecified atom stereocenters. The molecule has 4 heteroatoms. The minimum atomic E-state index is -0.210. The third kappa shape index (κ3) is 3.60. The predicted octanol–water partition coefficient (Wildman–Crippen LogP) is 3.94. The number of rotatable bonds is 4. The lowest BCUT2D eigenvalue weighted by atomic mass is 10.1. The van der Waals surface area contributed by atoms with Gasteiger partial charge in [0.05, 0.1) is 5.71 Å². The van der Waals surface area contributed by atoms with Crippen molar-refractivity contribution in [1.29, 1.82) is 0 Å². The van der Waals surface area contributed by atoms with Gasteiger partial charge in [0.2, 0.25) is 0 Å². The molecule has 0 spiro atoms. The Morgan fingerprint density at radius 2 is 1.50 bits per heavy atom. The Bertz CT molecular complexity index is 845. The highest BCUT2D eigenvalue weighted by Gasteiger charge is 2.04. The van der Waals surface area contributed by atoms with Crippen molar-refractivity contribution < 1.29 is 4.79 Å². The van der Waals surface area contributed by atoms with Gasteiger partial charge in [-0.05, 0) is 55.8 Å². The Morgan fingerprint density at radius 1 is 0.917 bits per heavy atom. The van der Waals surface area contributed by atoms with Crippen LogP contribution in [-0.4, -0.2) is 16.2 Å². The summed E-state index contributed by atoms with van der Waals surface area (Å²) in [6.45, 7) is 3.86. The van der Waals surface area contributed by atoms with Crippen molar-refractivity contribution in [3.8, 4) is 5.69 Å². The molecule has 3 rings (SSSR count). The number of nitrogens with zero attached hydrogens (tertiary/aromatic N) is 2. The number of amides is 1. The monoisotopic (exact) mass is 317 g/mol. The highest BCUT2D eigenvalue weighted by Crippen LogP contribution is 2.11. The number of aromatic nitrogens is 1. The minimum Gasteiger partial charge on any atom is -0.324 e. The second kappa shape index (κ2) is 6.96. The van der Waals surface area contributed by atoms with Crippen LogP contribution in [0.5, 0.6) is 0 Å². The first kappa shape index (κ1) is 15.7. The van der Waals surface area contributed by atoms with Gasteiger partial charge >= 0.3 is 0 Å². The van der Waals surface area contributed by atoms with Crippen molar-refractivity contribution in [2.24, 2.45) is 5.10 Å². The number of aryl methyl sites for hydroxylation is 1. The first-order valence-corrected chi connectivity index (χ1v) is 7.78. The fourth-order valence-electron chi connectivity index (χ4n) is 2.35. The Hall–Kier alpha value is -3.14. The van der Waals surface area contributed by atoms with E-state index < -0.39 is 0 Å². The highest BCUT2D eigenvalue weighted by atomic mass is 16.2. The Labute approximate surface area is 141 Å². The van der Waals surface area contributed by atoms with Crippen LogP contribution in [0, 0.1) is 6.92 Å². The number of carbonyl (C=O) groups excluding carboxylic acids is 1. The van der Waals surface area contributed by atoms with Crippen LogP contribution in [0.15, 0.2) is 78.2 Å². The average Bonchev–Trinajstić information content (AvgIpc) is 3.15. The fraction of sp³-hybridized carbons (Fsp3) is 0.100. The van der Waals surface area contributed by atoms with E-state index in [2.05, 4.69) is 10.5 Å². The van der Waals surface area contributed by atoms with Crippen LogP contribution in [0.1, 0.15) is 28.4 Å². The minimum absolute atomic E-state index is 0.210. The van der Waals surface area contributed by atoms with Gasteiger partial charge in [-0.3, -0.25) is 4.79 Å². The molecule has 0 aliphatic heterocycles. The molecule has 120 valence electrons. The van der Waals surface area contributed by atoms with Gasteiger partial charge in [-0.2, -0.15) is 5.10 Å². The summed E-state index contributed by atoms with van der Waals surface area (Å²) in [6, 6.07) is 19.4. The van der Waals surface area contributed by atoms with E-state index >= 15 is 0 Å². The summed E-state index contributed by atoms with van der Waals surface area (Å²) in [5.74, 6) is -0.210. The summed E-state index contributed by atoms with van der Waals surface area (Å²) in [7, 11) is 0. The van der Waals surface area contributed by atoms with E-state index in [1.807, 2.05) is 79.3 Å². The van der Waals surface area contributed by atoms with Crippen molar-refractivity contribution in [1.82, 2.24) is 9.99 Å². The SMILES string of the molecule is C/C(=N\NC(=O)c1ccc(C)cc1)c1ccc(-n2cccc2)cc1. The Kier molecular flexibility index (Phi) is 4.57. The second-order valence-corrected chi connectivity index (χ2v) is 5.64. The standard InChI is InChI=1S/C20H19N3O/c1-15-5-7-18(8-6-15)20(24)22-21-16(2)17-9-11-19(12-10-17)23-13-3-4-14-23/h3-14H,1-2H3,(H,22,24)/b21-16+. The number of hydrogen-bond donors (Lipinski definition) is 1. The number of benzene rings is 2. The van der Waals surface area contributed by atoms with Gasteiger partial charge in [0.15, 0.2) is 0 Å². The quantitative estimate of drug-likeness (QED) is 0.575. The molecule has 0 atom stereocenters. The average molecular weight is 317 g/mol. The summed E-state index contributed by atoms with van der Waals surface area (Å²) in [5, 5.41) is 4.20. The molecular weight excluding hydrogens is 298 g/mol. The lowest BCUT2D eigenvalue weighted by molar-refractivity contribution is 0.0955. The first-order valence-electron chi connectivity index (χ1n) is 7.78. The van der Waals surface area contributed by atoms with Gasteiger partial charge in [0, 0.05) is 23.6 Å². The van der Waals surface area contributed by atoms with Gasteiger partial charge in [-0.25, -0.2) is 5.43 Å². The number of carbonyl (C=O) groups is 1. The van der Waals surface area contributed by atoms with E-state index in [4.69, 9.17) is 0 Å². The molecule has 3 aromatic rings. The molecule has 0 aliphatic carbocycles. The predicted molar refractivity (Wildman–Crippen MR) is 96.6 cm³/mol. The lowest BCUT2D eigenvalue weighted by Crippen LogP contribution is -2.19. The summed E-state index contributed by atoms with van der Waals surface area (Å²) in [5.41, 5.74) is 7.13. The van der Waals surface area contributed by atoms with Crippen molar-refractivity contribution in [2.75, 3.05) is 0 Å². The van der Waals surface area contributed by atoms with E-state index in [0.717, 1.165) is 22.5 Å². The van der Waals surface area contributed by atoms with Gasteiger partial charge in [-0.15, -0.1) is 0 Å². The van der Waals surface area contributed by atoms with Gasteiger partial charge in [-0.1, -0.05) is 29.8 Å². The molecule has 0 saturated heterocycles. The molecule has 0 saturated carbocycles. The van der Waals surface area contributed by atoms with Crippen molar-refractivity contribution in [3.05, 3.63) is 89.7 Å². The lowest BCUT2D eigenvalue weighted by Gasteiger charge is -2.06. The molecule has 1 amide bonds. The largest absolute Gasteiger partial charge is 0.324 e. The molecule has 1 N–H and O–H groups in total. The first-order chi connectivity index (χ1) is 11.6. The van der Waals surface area contributed by atoms with Crippen molar-refractivity contribution in [3.63, 3.8) is 0 Å². The van der Waals surface area contributed by atoms with E-state index in [0.29, 0.717) is 5.56 Å². The molecule has 2 aromatic carbocycles. The van der Waals surface area contributed by atoms with Gasteiger partial charge in [0.25, 0.3) is 5.91 Å². The smallest absolute Gasteiger partial charge is 0.271 e. The van der Waals surface area contributed by atoms with E-state index in [9.17, 15) is 4.79 Å². The van der Waals surface area contributed by atoms with E-state index in [1.54, 1.807) is 12.1 Å². The molecule has 1 aromatic heterocycles. The van der Waals surface area contributed by atoms with Gasteiger partial charge < -0.3 is 4.57 Å². The van der Waals surface area contributed by atoms with Crippen LogP contribution in [0.3, 0.4) is 0 Å². The molecule has 4 nitrogen and oxygen atoms in total. The normalized spacial score (nSPS) is 11.3. The maximum Gasteiger partial charge on any atom is 0.271 e. The van der Waals surface area contributed by atoms with Crippen LogP contribution in [0.2, 0.25) is 0 Å². The molecular formula is C20H19N3O. The number of hydrogen-bond acceptors (Lipinski definition) is 2. The molecule has 1 heterocycles. The summed E-state index contributed by atoms with van der Waals surface area (Å²) in [4.78, 5) is 12.1. The topological polar surface area (TPSA) is 46.4 Å². The molecule has 0 bridgehead atoms. The number of hydrazone groups is 1. The maximum absolute atomic E-state index is 12.1. The second-order valence-electron chi connectivity index (χ2n) is 5.64. The van der Waals surface area contributed by atoms with Crippen LogP contribution in [-0.2, 0) is 0 Å². The third-order valence-corrected chi connectivity index (χ3v) is 3.83. The Balaban J connectivity index is 1.69. The number of nitrogens with one attached hydrogen (secondary N) is 1. The van der Waals surface area contributed by atoms with Crippen LogP contribution in [0.25, 0.3) is 5.69 Å². The van der Waals surface area contributed by atoms with Crippen molar-refractivity contribution in [2.45, 2.75) is 13.8 Å². The highest BCUT2D eigenvalue weighted by molar-refractivity contribution is 6.00. The Morgan fingerprint density at radius 3 is 2.12 bits per heavy atom. The third-order valence-electron chi connectivity index (χ3n) is 3.83. The fourth-order valence-corrected chi connectivity index (χ4v) is 2.35. The zero-order valence-corrected chi connectivity index (χ0v) is 13.7. The zero-order chi connectivity index (χ0) is 16.9. The van der Waals surface area contributed by atoms with Crippen LogP contribution < -0.4 is 5.43 Å². The molecule has 0 radical (unpaired) electrons. The summed E-state index contributed by atoms with van der Waals surface area (Å²) >= 11 is 0.